The van der Waals surface area contributed by atoms with Crippen LogP contribution in [0.15, 0.2) is 12.1 Å². The van der Waals surface area contributed by atoms with Crippen LogP contribution in [0.2, 0.25) is 0 Å². The third-order valence-electron chi connectivity index (χ3n) is 2.57. The highest BCUT2D eigenvalue weighted by atomic mass is 16.6. The maximum Gasteiger partial charge on any atom is 0.311 e. The van der Waals surface area contributed by atoms with E-state index < -0.39 is 16.8 Å². The van der Waals surface area contributed by atoms with Gasteiger partial charge in [0.25, 0.3) is 0 Å². The van der Waals surface area contributed by atoms with E-state index in [9.17, 15) is 14.9 Å². The molecule has 104 valence electrons. The molecular weight excluding hydrogens is 254 g/mol. The van der Waals surface area contributed by atoms with Gasteiger partial charge in [-0.2, -0.15) is 4.98 Å². The van der Waals surface area contributed by atoms with E-state index in [4.69, 9.17) is 9.84 Å². The summed E-state index contributed by atoms with van der Waals surface area (Å²) in [4.78, 5) is 26.6. The van der Waals surface area contributed by atoms with Crippen molar-refractivity contribution < 1.29 is 19.6 Å². The standard InChI is InChI=1S/C11H15N3O5/c1-7(11(15)16)6-13(2)10-8(14(17)18)4-5-9(12-10)19-3/h4-5,7H,6H2,1-3H3,(H,15,16). The van der Waals surface area contributed by atoms with Gasteiger partial charge in [0.1, 0.15) is 0 Å². The molecule has 1 rings (SSSR count). The van der Waals surface area contributed by atoms with Crippen LogP contribution in [0.1, 0.15) is 6.92 Å². The third-order valence-corrected chi connectivity index (χ3v) is 2.57. The number of carboxylic acid groups (broad SMARTS) is 1. The highest BCUT2D eigenvalue weighted by Crippen LogP contribution is 2.28. The second kappa shape index (κ2) is 5.98. The summed E-state index contributed by atoms with van der Waals surface area (Å²) < 4.78 is 4.92. The molecule has 0 saturated carbocycles. The van der Waals surface area contributed by atoms with Crippen LogP contribution < -0.4 is 9.64 Å². The number of rotatable bonds is 6. The quantitative estimate of drug-likeness (QED) is 0.610. The van der Waals surface area contributed by atoms with Crippen molar-refractivity contribution in [3.05, 3.63) is 22.2 Å². The number of carbonyl (C=O) groups is 1. The first-order valence-electron chi connectivity index (χ1n) is 5.50. The average Bonchev–Trinajstić information content (AvgIpc) is 2.37. The highest BCUT2D eigenvalue weighted by Gasteiger charge is 2.23. The summed E-state index contributed by atoms with van der Waals surface area (Å²) in [5, 5.41) is 19.8. The Bertz CT molecular complexity index is 491. The van der Waals surface area contributed by atoms with E-state index in [2.05, 4.69) is 4.98 Å². The lowest BCUT2D eigenvalue weighted by Crippen LogP contribution is -2.29. The SMILES string of the molecule is COc1ccc([N+](=O)[O-])c(N(C)CC(C)C(=O)O)n1. The Labute approximate surface area is 109 Å². The zero-order chi connectivity index (χ0) is 14.6. The summed E-state index contributed by atoms with van der Waals surface area (Å²) in [5.74, 6) is -1.33. The number of nitro groups is 1. The minimum atomic E-state index is -0.975. The molecule has 8 nitrogen and oxygen atoms in total. The van der Waals surface area contributed by atoms with E-state index in [1.165, 1.54) is 31.1 Å². The predicted molar refractivity (Wildman–Crippen MR) is 67.5 cm³/mol. The van der Waals surface area contributed by atoms with Gasteiger partial charge in [-0.3, -0.25) is 14.9 Å². The van der Waals surface area contributed by atoms with Gasteiger partial charge < -0.3 is 14.7 Å². The molecule has 0 fully saturated rings. The van der Waals surface area contributed by atoms with Crippen LogP contribution in [0.5, 0.6) is 5.88 Å². The molecule has 0 aliphatic heterocycles. The van der Waals surface area contributed by atoms with Crippen LogP contribution in [0.4, 0.5) is 11.5 Å². The van der Waals surface area contributed by atoms with E-state index >= 15 is 0 Å². The van der Waals surface area contributed by atoms with Crippen molar-refractivity contribution in [1.82, 2.24) is 4.98 Å². The van der Waals surface area contributed by atoms with E-state index in [0.717, 1.165) is 0 Å². The molecule has 1 unspecified atom stereocenters. The lowest BCUT2D eigenvalue weighted by molar-refractivity contribution is -0.384. The van der Waals surface area contributed by atoms with Crippen molar-refractivity contribution in [3.8, 4) is 5.88 Å². The monoisotopic (exact) mass is 269 g/mol. The molecule has 0 amide bonds. The van der Waals surface area contributed by atoms with Gasteiger partial charge in [0.2, 0.25) is 11.7 Å². The van der Waals surface area contributed by atoms with Crippen molar-refractivity contribution in [2.45, 2.75) is 6.92 Å². The molecule has 1 heterocycles. The van der Waals surface area contributed by atoms with Crippen molar-refractivity contribution >= 4 is 17.5 Å². The van der Waals surface area contributed by atoms with E-state index in [-0.39, 0.29) is 23.9 Å². The van der Waals surface area contributed by atoms with E-state index in [1.807, 2.05) is 0 Å². The maximum atomic E-state index is 10.9. The van der Waals surface area contributed by atoms with Gasteiger partial charge in [-0.15, -0.1) is 0 Å². The molecule has 0 aliphatic carbocycles. The number of ether oxygens (including phenoxy) is 1. The fourth-order valence-corrected chi connectivity index (χ4v) is 1.54. The van der Waals surface area contributed by atoms with Crippen LogP contribution >= 0.6 is 0 Å². The molecule has 0 saturated heterocycles. The van der Waals surface area contributed by atoms with Gasteiger partial charge in [-0.25, -0.2) is 0 Å². The Hall–Kier alpha value is -2.38. The fraction of sp³-hybridized carbons (Fsp3) is 0.455. The van der Waals surface area contributed by atoms with Gasteiger partial charge in [-0.05, 0) is 0 Å². The van der Waals surface area contributed by atoms with Gasteiger partial charge >= 0.3 is 11.7 Å². The molecule has 0 aliphatic rings. The highest BCUT2D eigenvalue weighted by molar-refractivity contribution is 5.71. The molecule has 1 aromatic heterocycles. The second-order valence-electron chi connectivity index (χ2n) is 4.07. The number of anilines is 1. The number of aromatic nitrogens is 1. The normalized spacial score (nSPS) is 11.7. The lowest BCUT2D eigenvalue weighted by atomic mass is 10.2. The minimum Gasteiger partial charge on any atom is -0.481 e. The molecule has 0 spiro atoms. The van der Waals surface area contributed by atoms with Crippen LogP contribution in [0, 0.1) is 16.0 Å². The number of aliphatic carboxylic acids is 1. The molecule has 0 bridgehead atoms. The molecule has 19 heavy (non-hydrogen) atoms. The Balaban J connectivity index is 3.08. The molecular formula is C11H15N3O5. The number of carboxylic acids is 1. The molecule has 1 atom stereocenters. The Morgan fingerprint density at radius 1 is 1.63 bits per heavy atom. The smallest absolute Gasteiger partial charge is 0.311 e. The molecule has 1 N–H and O–H groups in total. The van der Waals surface area contributed by atoms with Crippen molar-refractivity contribution in [2.75, 3.05) is 25.6 Å². The predicted octanol–water partition coefficient (Wildman–Crippen LogP) is 1.16. The zero-order valence-corrected chi connectivity index (χ0v) is 10.9. The van der Waals surface area contributed by atoms with Crippen LogP contribution in [0.3, 0.4) is 0 Å². The number of methoxy groups -OCH3 is 1. The molecule has 1 aromatic rings. The Morgan fingerprint density at radius 3 is 2.74 bits per heavy atom. The van der Waals surface area contributed by atoms with Gasteiger partial charge in [0.15, 0.2) is 0 Å². The van der Waals surface area contributed by atoms with Gasteiger partial charge in [0, 0.05) is 25.7 Å². The summed E-state index contributed by atoms with van der Waals surface area (Å²) in [6, 6.07) is 2.67. The summed E-state index contributed by atoms with van der Waals surface area (Å²) in [6.07, 6.45) is 0. The van der Waals surface area contributed by atoms with Crippen LogP contribution in [-0.2, 0) is 4.79 Å². The maximum absolute atomic E-state index is 10.9. The fourth-order valence-electron chi connectivity index (χ4n) is 1.54. The van der Waals surface area contributed by atoms with Gasteiger partial charge in [0.05, 0.1) is 18.0 Å². The molecule has 0 aromatic carbocycles. The van der Waals surface area contributed by atoms with Crippen LogP contribution in [-0.4, -0.2) is 41.7 Å². The number of pyridine rings is 1. The average molecular weight is 269 g/mol. The van der Waals surface area contributed by atoms with Crippen molar-refractivity contribution in [2.24, 2.45) is 5.92 Å². The first-order valence-corrected chi connectivity index (χ1v) is 5.50. The largest absolute Gasteiger partial charge is 0.481 e. The Kier molecular flexibility index (Phi) is 4.62. The van der Waals surface area contributed by atoms with Crippen molar-refractivity contribution in [3.63, 3.8) is 0 Å². The third kappa shape index (κ3) is 3.54. The Morgan fingerprint density at radius 2 is 2.26 bits per heavy atom. The zero-order valence-electron chi connectivity index (χ0n) is 10.9. The van der Waals surface area contributed by atoms with E-state index in [0.29, 0.717) is 0 Å². The lowest BCUT2D eigenvalue weighted by Gasteiger charge is -2.20. The summed E-state index contributed by atoms with van der Waals surface area (Å²) >= 11 is 0. The van der Waals surface area contributed by atoms with Crippen molar-refractivity contribution in [1.29, 1.82) is 0 Å². The van der Waals surface area contributed by atoms with Gasteiger partial charge in [-0.1, -0.05) is 6.92 Å². The summed E-state index contributed by atoms with van der Waals surface area (Å²) in [5.41, 5.74) is -0.194. The number of hydrogen-bond donors (Lipinski definition) is 1. The molecule has 0 radical (unpaired) electrons. The second-order valence-corrected chi connectivity index (χ2v) is 4.07. The number of nitrogens with zero attached hydrogens (tertiary/aromatic N) is 3. The first kappa shape index (κ1) is 14.7. The summed E-state index contributed by atoms with van der Waals surface area (Å²) in [7, 11) is 2.95. The van der Waals surface area contributed by atoms with Crippen LogP contribution in [0.25, 0.3) is 0 Å². The summed E-state index contributed by atoms with van der Waals surface area (Å²) in [6.45, 7) is 1.63. The molecule has 8 heteroatoms. The minimum absolute atomic E-state index is 0.0810. The topological polar surface area (TPSA) is 106 Å². The van der Waals surface area contributed by atoms with E-state index in [1.54, 1.807) is 7.05 Å². The first-order chi connectivity index (χ1) is 8.86. The number of hydrogen-bond acceptors (Lipinski definition) is 6.